The van der Waals surface area contributed by atoms with Crippen LogP contribution in [0.15, 0.2) is 22.7 Å². The van der Waals surface area contributed by atoms with Gasteiger partial charge >= 0.3 is 0 Å². The van der Waals surface area contributed by atoms with Gasteiger partial charge in [-0.05, 0) is 47.0 Å². The summed E-state index contributed by atoms with van der Waals surface area (Å²) in [4.78, 5) is 31.0. The van der Waals surface area contributed by atoms with E-state index in [1.807, 2.05) is 21.9 Å². The zero-order chi connectivity index (χ0) is 17.8. The van der Waals surface area contributed by atoms with E-state index in [-0.39, 0.29) is 11.8 Å². The highest BCUT2D eigenvalue weighted by Gasteiger charge is 2.26. The van der Waals surface area contributed by atoms with E-state index in [1.54, 1.807) is 13.2 Å². The number of methoxy groups -OCH3 is 1. The second kappa shape index (κ2) is 8.19. The van der Waals surface area contributed by atoms with Crippen molar-refractivity contribution in [2.45, 2.75) is 12.8 Å². The first-order valence-electron chi connectivity index (χ1n) is 8.71. The van der Waals surface area contributed by atoms with Gasteiger partial charge in [0.15, 0.2) is 0 Å². The Bertz CT molecular complexity index is 638. The predicted octanol–water partition coefficient (Wildman–Crippen LogP) is 1.84. The van der Waals surface area contributed by atoms with Gasteiger partial charge in [0.25, 0.3) is 5.91 Å². The van der Waals surface area contributed by atoms with Crippen LogP contribution in [0.1, 0.15) is 23.2 Å². The first-order chi connectivity index (χ1) is 12.1. The molecule has 2 saturated heterocycles. The summed E-state index contributed by atoms with van der Waals surface area (Å²) < 4.78 is 5.98. The van der Waals surface area contributed by atoms with Crippen LogP contribution in [-0.4, -0.2) is 79.4 Å². The Balaban J connectivity index is 1.55. The molecule has 0 aromatic heterocycles. The highest BCUT2D eigenvalue weighted by molar-refractivity contribution is 9.10. The van der Waals surface area contributed by atoms with Gasteiger partial charge in [-0.15, -0.1) is 0 Å². The lowest BCUT2D eigenvalue weighted by Crippen LogP contribution is -2.51. The maximum atomic E-state index is 12.8. The van der Waals surface area contributed by atoms with Crippen LogP contribution in [0.4, 0.5) is 0 Å². The lowest BCUT2D eigenvalue weighted by molar-refractivity contribution is -0.131. The summed E-state index contributed by atoms with van der Waals surface area (Å²) >= 11 is 3.45. The van der Waals surface area contributed by atoms with Crippen molar-refractivity contribution in [2.24, 2.45) is 0 Å². The van der Waals surface area contributed by atoms with Crippen molar-refractivity contribution in [1.82, 2.24) is 14.7 Å². The lowest BCUT2D eigenvalue weighted by Gasteiger charge is -2.35. The molecule has 0 aliphatic carbocycles. The van der Waals surface area contributed by atoms with Crippen LogP contribution in [0.3, 0.4) is 0 Å². The molecule has 1 aromatic carbocycles. The summed E-state index contributed by atoms with van der Waals surface area (Å²) in [6, 6.07) is 5.41. The number of likely N-dealkylation sites (tertiary alicyclic amines) is 1. The van der Waals surface area contributed by atoms with E-state index < -0.39 is 0 Å². The summed E-state index contributed by atoms with van der Waals surface area (Å²) in [5.74, 6) is 0.880. The first-order valence-corrected chi connectivity index (χ1v) is 9.50. The van der Waals surface area contributed by atoms with Crippen molar-refractivity contribution in [3.63, 3.8) is 0 Å². The molecular formula is C18H24BrN3O3. The zero-order valence-corrected chi connectivity index (χ0v) is 16.1. The average Bonchev–Trinajstić information content (AvgIpc) is 3.17. The monoisotopic (exact) mass is 409 g/mol. The first kappa shape index (κ1) is 18.2. The third-order valence-electron chi connectivity index (χ3n) is 4.88. The summed E-state index contributed by atoms with van der Waals surface area (Å²) in [5, 5.41) is 0. The van der Waals surface area contributed by atoms with E-state index in [1.165, 1.54) is 0 Å². The molecule has 136 valence electrons. The molecule has 2 aliphatic heterocycles. The number of hydrogen-bond acceptors (Lipinski definition) is 4. The lowest BCUT2D eigenvalue weighted by atomic mass is 10.1. The largest absolute Gasteiger partial charge is 0.497 e. The van der Waals surface area contributed by atoms with Gasteiger partial charge in [-0.3, -0.25) is 14.5 Å². The van der Waals surface area contributed by atoms with Crippen molar-refractivity contribution in [3.8, 4) is 5.75 Å². The van der Waals surface area contributed by atoms with Crippen molar-refractivity contribution < 1.29 is 14.3 Å². The van der Waals surface area contributed by atoms with Crippen LogP contribution in [0.2, 0.25) is 0 Å². The highest BCUT2D eigenvalue weighted by atomic mass is 79.9. The van der Waals surface area contributed by atoms with Crippen LogP contribution in [0.25, 0.3) is 0 Å². The number of halogens is 1. The number of amides is 2. The minimum Gasteiger partial charge on any atom is -0.497 e. The van der Waals surface area contributed by atoms with Gasteiger partial charge in [0.05, 0.1) is 19.2 Å². The van der Waals surface area contributed by atoms with E-state index in [0.717, 1.165) is 43.5 Å². The van der Waals surface area contributed by atoms with Gasteiger partial charge in [-0.2, -0.15) is 0 Å². The van der Waals surface area contributed by atoms with Gasteiger partial charge in [0.2, 0.25) is 5.91 Å². The molecule has 0 saturated carbocycles. The molecule has 6 nitrogen and oxygen atoms in total. The smallest absolute Gasteiger partial charge is 0.255 e. The molecule has 2 aliphatic rings. The summed E-state index contributed by atoms with van der Waals surface area (Å²) in [7, 11) is 1.59. The molecule has 25 heavy (non-hydrogen) atoms. The Kier molecular flexibility index (Phi) is 5.96. The topological polar surface area (TPSA) is 53.1 Å². The highest BCUT2D eigenvalue weighted by Crippen LogP contribution is 2.24. The van der Waals surface area contributed by atoms with E-state index in [0.29, 0.717) is 30.9 Å². The number of hydrogen-bond donors (Lipinski definition) is 0. The van der Waals surface area contributed by atoms with Crippen molar-refractivity contribution in [2.75, 3.05) is 52.9 Å². The van der Waals surface area contributed by atoms with Crippen LogP contribution >= 0.6 is 15.9 Å². The van der Waals surface area contributed by atoms with Gasteiger partial charge in [0, 0.05) is 43.7 Å². The van der Waals surface area contributed by atoms with E-state index in [9.17, 15) is 9.59 Å². The Morgan fingerprint density at radius 2 is 1.72 bits per heavy atom. The maximum absolute atomic E-state index is 12.8. The molecular weight excluding hydrogens is 386 g/mol. The fourth-order valence-electron chi connectivity index (χ4n) is 3.33. The van der Waals surface area contributed by atoms with Gasteiger partial charge in [-0.1, -0.05) is 0 Å². The number of benzene rings is 1. The number of carbonyl (C=O) groups excluding carboxylic acids is 2. The standard InChI is InChI=1S/C18H24BrN3O3/c1-25-14-4-5-16(19)15(12-14)18(24)22-10-8-20(9-11-22)13-17(23)21-6-2-3-7-21/h4-5,12H,2-3,6-11,13H2,1H3. The normalized spacial score (nSPS) is 18.5. The van der Waals surface area contributed by atoms with Crippen molar-refractivity contribution in [1.29, 1.82) is 0 Å². The second-order valence-corrected chi connectivity index (χ2v) is 7.36. The molecule has 0 atom stereocenters. The molecule has 2 amide bonds. The summed E-state index contributed by atoms with van der Waals surface area (Å²) in [6.45, 7) is 4.97. The fourth-order valence-corrected chi connectivity index (χ4v) is 3.75. The van der Waals surface area contributed by atoms with Gasteiger partial charge in [0.1, 0.15) is 5.75 Å². The second-order valence-electron chi connectivity index (χ2n) is 6.50. The molecule has 0 unspecified atom stereocenters. The Morgan fingerprint density at radius 1 is 1.04 bits per heavy atom. The van der Waals surface area contributed by atoms with Crippen LogP contribution in [0.5, 0.6) is 5.75 Å². The SMILES string of the molecule is COc1ccc(Br)c(C(=O)N2CCN(CC(=O)N3CCCC3)CC2)c1. The quantitative estimate of drug-likeness (QED) is 0.760. The number of piperazine rings is 1. The molecule has 0 spiro atoms. The summed E-state index contributed by atoms with van der Waals surface area (Å²) in [5.41, 5.74) is 0.612. The van der Waals surface area contributed by atoms with Crippen LogP contribution in [0, 0.1) is 0 Å². The third kappa shape index (κ3) is 4.33. The molecule has 0 bridgehead atoms. The molecule has 2 fully saturated rings. The van der Waals surface area contributed by atoms with Gasteiger partial charge in [-0.25, -0.2) is 0 Å². The van der Waals surface area contributed by atoms with Crippen molar-refractivity contribution in [3.05, 3.63) is 28.2 Å². The number of carbonyl (C=O) groups is 2. The molecule has 0 N–H and O–H groups in total. The molecule has 3 rings (SSSR count). The van der Waals surface area contributed by atoms with E-state index in [4.69, 9.17) is 4.74 Å². The van der Waals surface area contributed by atoms with E-state index in [2.05, 4.69) is 20.8 Å². The Morgan fingerprint density at radius 3 is 2.36 bits per heavy atom. The average molecular weight is 410 g/mol. The number of rotatable bonds is 4. The number of nitrogens with zero attached hydrogens (tertiary/aromatic N) is 3. The maximum Gasteiger partial charge on any atom is 0.255 e. The summed E-state index contributed by atoms with van der Waals surface area (Å²) in [6.07, 6.45) is 2.23. The van der Waals surface area contributed by atoms with Crippen LogP contribution in [-0.2, 0) is 4.79 Å². The molecule has 7 heteroatoms. The number of ether oxygens (including phenoxy) is 1. The third-order valence-corrected chi connectivity index (χ3v) is 5.57. The molecule has 1 aromatic rings. The minimum absolute atomic E-state index is 0.00343. The molecule has 0 radical (unpaired) electrons. The predicted molar refractivity (Wildman–Crippen MR) is 98.9 cm³/mol. The zero-order valence-electron chi connectivity index (χ0n) is 14.5. The fraction of sp³-hybridized carbons (Fsp3) is 0.556. The van der Waals surface area contributed by atoms with E-state index >= 15 is 0 Å². The van der Waals surface area contributed by atoms with Crippen molar-refractivity contribution >= 4 is 27.7 Å². The Hall–Kier alpha value is -1.60. The van der Waals surface area contributed by atoms with Gasteiger partial charge < -0.3 is 14.5 Å². The van der Waals surface area contributed by atoms with Crippen LogP contribution < -0.4 is 4.74 Å². The minimum atomic E-state index is -0.00343. The molecule has 2 heterocycles. The Labute approximate surface area is 156 Å².